The van der Waals surface area contributed by atoms with Gasteiger partial charge in [0, 0.05) is 0 Å². The molecule has 2 aromatic rings. The molecule has 11 heteroatoms. The molecule has 0 aromatic heterocycles. The molecule has 0 spiro atoms. The average molecular weight is 445 g/mol. The molecule has 0 aliphatic rings. The van der Waals surface area contributed by atoms with Crippen LogP contribution in [0.4, 0.5) is 18.9 Å². The first-order valence-corrected chi connectivity index (χ1v) is 8.84. The number of amides is 2. The molecule has 0 aliphatic carbocycles. The maximum absolute atomic E-state index is 13.5. The van der Waals surface area contributed by atoms with Crippen LogP contribution in [-0.4, -0.2) is 37.0 Å². The first kappa shape index (κ1) is 23.0. The van der Waals surface area contributed by atoms with Crippen LogP contribution in [-0.2, 0) is 19.1 Å². The zero-order valence-corrected chi connectivity index (χ0v) is 16.3. The van der Waals surface area contributed by atoms with Crippen LogP contribution in [0.15, 0.2) is 36.4 Å². The van der Waals surface area contributed by atoms with Gasteiger partial charge in [-0.3, -0.25) is 9.59 Å². The Kier molecular flexibility index (Phi) is 8.05. The molecular formula is C19H16ClF3N2O5. The molecule has 2 N–H and O–H groups in total. The minimum Gasteiger partial charge on any atom is -0.480 e. The summed E-state index contributed by atoms with van der Waals surface area (Å²) < 4.78 is 49.6. The second-order valence-corrected chi connectivity index (χ2v) is 6.25. The van der Waals surface area contributed by atoms with Gasteiger partial charge in [-0.1, -0.05) is 23.7 Å². The Balaban J connectivity index is 1.77. The van der Waals surface area contributed by atoms with Crippen LogP contribution in [0.1, 0.15) is 6.92 Å². The van der Waals surface area contributed by atoms with Gasteiger partial charge in [0.25, 0.3) is 5.91 Å². The normalized spacial score (nSPS) is 11.4. The molecule has 0 radical (unpaired) electrons. The Hall–Kier alpha value is -3.27. The summed E-state index contributed by atoms with van der Waals surface area (Å²) in [4.78, 5) is 35.4. The van der Waals surface area contributed by atoms with E-state index >= 15 is 0 Å². The van der Waals surface area contributed by atoms with E-state index < -0.39 is 60.2 Å². The number of rotatable bonds is 8. The van der Waals surface area contributed by atoms with Gasteiger partial charge in [0.2, 0.25) is 5.91 Å². The number of carbonyl (C=O) groups excluding carboxylic acids is 3. The van der Waals surface area contributed by atoms with Gasteiger partial charge in [-0.05, 0) is 31.2 Å². The smallest absolute Gasteiger partial charge is 0.344 e. The molecule has 0 bridgehead atoms. The van der Waals surface area contributed by atoms with Crippen molar-refractivity contribution in [3.8, 4) is 5.75 Å². The fourth-order valence-corrected chi connectivity index (χ4v) is 2.30. The number of anilines is 1. The molecule has 0 saturated carbocycles. The van der Waals surface area contributed by atoms with E-state index in [0.717, 1.165) is 6.07 Å². The fourth-order valence-electron chi connectivity index (χ4n) is 2.11. The quantitative estimate of drug-likeness (QED) is 0.482. The minimum atomic E-state index is -1.74. The number of ether oxygens (including phenoxy) is 2. The van der Waals surface area contributed by atoms with Crippen molar-refractivity contribution in [3.63, 3.8) is 0 Å². The molecule has 2 rings (SSSR count). The predicted octanol–water partition coefficient (Wildman–Crippen LogP) is 2.82. The predicted molar refractivity (Wildman–Crippen MR) is 100 cm³/mol. The van der Waals surface area contributed by atoms with E-state index in [1.54, 1.807) is 24.3 Å². The SMILES string of the molecule is CC(OC(=O)COc1ccccc1Cl)C(=O)NCC(=O)Nc1ccc(F)c(F)c1F. The summed E-state index contributed by atoms with van der Waals surface area (Å²) in [6, 6.07) is 7.91. The third-order valence-corrected chi connectivity index (χ3v) is 3.90. The van der Waals surface area contributed by atoms with E-state index in [2.05, 4.69) is 5.32 Å². The zero-order chi connectivity index (χ0) is 22.3. The third-order valence-electron chi connectivity index (χ3n) is 3.59. The zero-order valence-electron chi connectivity index (χ0n) is 15.5. The van der Waals surface area contributed by atoms with Crippen molar-refractivity contribution in [2.45, 2.75) is 13.0 Å². The highest BCUT2D eigenvalue weighted by Crippen LogP contribution is 2.23. The lowest BCUT2D eigenvalue weighted by Crippen LogP contribution is -2.40. The van der Waals surface area contributed by atoms with E-state index in [9.17, 15) is 27.6 Å². The van der Waals surface area contributed by atoms with Gasteiger partial charge in [0.1, 0.15) is 5.75 Å². The van der Waals surface area contributed by atoms with Crippen molar-refractivity contribution >= 4 is 35.1 Å². The maximum Gasteiger partial charge on any atom is 0.344 e. The number of carbonyl (C=O) groups is 3. The van der Waals surface area contributed by atoms with Gasteiger partial charge in [-0.25, -0.2) is 18.0 Å². The number of hydrogen-bond acceptors (Lipinski definition) is 5. The van der Waals surface area contributed by atoms with Gasteiger partial charge < -0.3 is 20.1 Å². The molecule has 7 nitrogen and oxygen atoms in total. The standard InChI is InChI=1S/C19H16ClF3N2O5/c1-10(30-16(27)9-29-14-5-3-2-4-11(14)20)19(28)24-8-15(26)25-13-7-6-12(21)17(22)18(13)23/h2-7,10H,8-9H2,1H3,(H,24,28)(H,25,26). The molecular weight excluding hydrogens is 429 g/mol. The lowest BCUT2D eigenvalue weighted by atomic mass is 10.2. The Morgan fingerprint density at radius 3 is 2.47 bits per heavy atom. The first-order chi connectivity index (χ1) is 14.2. The van der Waals surface area contributed by atoms with Crippen LogP contribution < -0.4 is 15.4 Å². The Morgan fingerprint density at radius 1 is 1.07 bits per heavy atom. The molecule has 0 saturated heterocycles. The Bertz CT molecular complexity index is 958. The summed E-state index contributed by atoms with van der Waals surface area (Å²) in [5, 5.41) is 4.43. The Labute approximate surface area is 174 Å². The van der Waals surface area contributed by atoms with Crippen LogP contribution in [0.3, 0.4) is 0 Å². The number of para-hydroxylation sites is 1. The summed E-state index contributed by atoms with van der Waals surface area (Å²) in [6.45, 7) is 0.127. The lowest BCUT2D eigenvalue weighted by molar-refractivity contribution is -0.156. The number of nitrogens with one attached hydrogen (secondary N) is 2. The van der Waals surface area contributed by atoms with Gasteiger partial charge in [-0.2, -0.15) is 0 Å². The first-order valence-electron chi connectivity index (χ1n) is 8.47. The van der Waals surface area contributed by atoms with Crippen LogP contribution in [0.25, 0.3) is 0 Å². The summed E-state index contributed by atoms with van der Waals surface area (Å²) in [7, 11) is 0. The van der Waals surface area contributed by atoms with Crippen molar-refractivity contribution < 1.29 is 37.0 Å². The minimum absolute atomic E-state index is 0.259. The number of esters is 1. The number of benzene rings is 2. The second-order valence-electron chi connectivity index (χ2n) is 5.84. The summed E-state index contributed by atoms with van der Waals surface area (Å²) in [6.07, 6.45) is -1.26. The fraction of sp³-hybridized carbons (Fsp3) is 0.211. The highest BCUT2D eigenvalue weighted by Gasteiger charge is 2.20. The molecule has 2 amide bonds. The topological polar surface area (TPSA) is 93.7 Å². The molecule has 0 aliphatic heterocycles. The van der Waals surface area contributed by atoms with Crippen molar-refractivity contribution in [2.75, 3.05) is 18.5 Å². The highest BCUT2D eigenvalue weighted by atomic mass is 35.5. The molecule has 160 valence electrons. The van der Waals surface area contributed by atoms with Crippen molar-refractivity contribution in [3.05, 3.63) is 58.9 Å². The van der Waals surface area contributed by atoms with Gasteiger partial charge >= 0.3 is 5.97 Å². The van der Waals surface area contributed by atoms with Crippen LogP contribution in [0, 0.1) is 17.5 Å². The molecule has 2 aromatic carbocycles. The van der Waals surface area contributed by atoms with E-state index in [4.69, 9.17) is 21.1 Å². The van der Waals surface area contributed by atoms with Gasteiger partial charge in [0.05, 0.1) is 17.3 Å². The van der Waals surface area contributed by atoms with E-state index in [1.807, 2.05) is 5.32 Å². The van der Waals surface area contributed by atoms with Crippen molar-refractivity contribution in [2.24, 2.45) is 0 Å². The van der Waals surface area contributed by atoms with Crippen LogP contribution in [0.2, 0.25) is 5.02 Å². The van der Waals surface area contributed by atoms with E-state index in [0.29, 0.717) is 11.1 Å². The monoisotopic (exact) mass is 444 g/mol. The average Bonchev–Trinajstić information content (AvgIpc) is 2.71. The summed E-state index contributed by atoms with van der Waals surface area (Å²) in [5.41, 5.74) is -0.593. The second kappa shape index (κ2) is 10.5. The van der Waals surface area contributed by atoms with Gasteiger partial charge in [0.15, 0.2) is 30.2 Å². The molecule has 0 heterocycles. The number of hydrogen-bond donors (Lipinski definition) is 2. The van der Waals surface area contributed by atoms with Gasteiger partial charge in [-0.15, -0.1) is 0 Å². The molecule has 1 atom stereocenters. The summed E-state index contributed by atoms with van der Waals surface area (Å²) >= 11 is 5.88. The number of halogens is 4. The van der Waals surface area contributed by atoms with Crippen LogP contribution >= 0.6 is 11.6 Å². The largest absolute Gasteiger partial charge is 0.480 e. The van der Waals surface area contributed by atoms with E-state index in [-0.39, 0.29) is 5.75 Å². The Morgan fingerprint density at radius 2 is 1.77 bits per heavy atom. The van der Waals surface area contributed by atoms with E-state index in [1.165, 1.54) is 6.92 Å². The van der Waals surface area contributed by atoms with Crippen molar-refractivity contribution in [1.29, 1.82) is 0 Å². The third kappa shape index (κ3) is 6.38. The molecule has 1 unspecified atom stereocenters. The maximum atomic E-state index is 13.5. The van der Waals surface area contributed by atoms with Crippen LogP contribution in [0.5, 0.6) is 5.75 Å². The highest BCUT2D eigenvalue weighted by molar-refractivity contribution is 6.32. The summed E-state index contributed by atoms with van der Waals surface area (Å²) in [5.74, 6) is -7.05. The molecule has 0 fully saturated rings. The molecule has 30 heavy (non-hydrogen) atoms. The lowest BCUT2D eigenvalue weighted by Gasteiger charge is -2.14. The van der Waals surface area contributed by atoms with Crippen molar-refractivity contribution in [1.82, 2.24) is 5.32 Å².